The van der Waals surface area contributed by atoms with Crippen LogP contribution in [0.15, 0.2) is 36.4 Å². The summed E-state index contributed by atoms with van der Waals surface area (Å²) in [6.45, 7) is 0. The van der Waals surface area contributed by atoms with Crippen molar-refractivity contribution in [3.05, 3.63) is 57.6 Å². The molecule has 2 rings (SSSR count). The van der Waals surface area contributed by atoms with Crippen LogP contribution in [-0.4, -0.2) is 37.1 Å². The third kappa shape index (κ3) is 3.92. The molecule has 1 atom stereocenters. The van der Waals surface area contributed by atoms with E-state index in [1.54, 1.807) is 6.07 Å². The zero-order chi connectivity index (χ0) is 19.3. The molecule has 0 fully saturated rings. The van der Waals surface area contributed by atoms with Crippen LogP contribution < -0.4 is 14.2 Å². The first-order valence-electron chi connectivity index (χ1n) is 7.67. The van der Waals surface area contributed by atoms with Gasteiger partial charge in [0.1, 0.15) is 0 Å². The number of hydrogen-bond acceptors (Lipinski definition) is 7. The zero-order valence-electron chi connectivity index (χ0n) is 14.6. The highest BCUT2D eigenvalue weighted by atomic mass is 16.6. The van der Waals surface area contributed by atoms with Gasteiger partial charge in [-0.2, -0.15) is 0 Å². The average molecular weight is 361 g/mol. The van der Waals surface area contributed by atoms with Gasteiger partial charge in [-0.3, -0.25) is 14.9 Å². The maximum absolute atomic E-state index is 12.6. The number of ketones is 1. The quantitative estimate of drug-likeness (QED) is 0.437. The lowest BCUT2D eigenvalue weighted by atomic mass is 9.99. The van der Waals surface area contributed by atoms with E-state index in [0.29, 0.717) is 11.3 Å². The highest BCUT2D eigenvalue weighted by Gasteiger charge is 2.23. The minimum Gasteiger partial charge on any atom is -0.493 e. The Labute approximate surface area is 150 Å². The second-order valence-electron chi connectivity index (χ2n) is 5.37. The van der Waals surface area contributed by atoms with E-state index in [1.807, 2.05) is 0 Å². The lowest BCUT2D eigenvalue weighted by Crippen LogP contribution is -2.09. The van der Waals surface area contributed by atoms with Crippen LogP contribution in [0, 0.1) is 10.1 Å². The van der Waals surface area contributed by atoms with E-state index in [2.05, 4.69) is 0 Å². The van der Waals surface area contributed by atoms with Crippen LogP contribution in [0.25, 0.3) is 0 Å². The maximum atomic E-state index is 12.6. The molecule has 1 N–H and O–H groups in total. The van der Waals surface area contributed by atoms with Crippen LogP contribution >= 0.6 is 0 Å². The standard InChI is InChI=1S/C18H19NO7/c1-24-16-9-8-13(17(25-2)18(16)26-3)15(21)10-14(20)11-4-6-12(7-5-11)19(22)23/h4-9,14,20H,10H2,1-3H3. The van der Waals surface area contributed by atoms with Gasteiger partial charge in [0.15, 0.2) is 17.3 Å². The second kappa shape index (κ2) is 8.30. The fraction of sp³-hybridized carbons (Fsp3) is 0.278. The molecule has 138 valence electrons. The van der Waals surface area contributed by atoms with Gasteiger partial charge in [0.2, 0.25) is 5.75 Å². The maximum Gasteiger partial charge on any atom is 0.269 e. The topological polar surface area (TPSA) is 108 Å². The molecule has 2 aromatic carbocycles. The molecular formula is C18H19NO7. The van der Waals surface area contributed by atoms with Crippen molar-refractivity contribution in [3.63, 3.8) is 0 Å². The largest absolute Gasteiger partial charge is 0.493 e. The molecule has 0 amide bonds. The highest BCUT2D eigenvalue weighted by Crippen LogP contribution is 2.40. The van der Waals surface area contributed by atoms with Gasteiger partial charge in [-0.05, 0) is 29.8 Å². The molecule has 0 aliphatic heterocycles. The SMILES string of the molecule is COc1ccc(C(=O)CC(O)c2ccc([N+](=O)[O-])cc2)c(OC)c1OC. The first-order chi connectivity index (χ1) is 12.4. The minimum absolute atomic E-state index is 0.0890. The summed E-state index contributed by atoms with van der Waals surface area (Å²) in [5.41, 5.74) is 0.559. The fourth-order valence-electron chi connectivity index (χ4n) is 2.54. The van der Waals surface area contributed by atoms with E-state index in [-0.39, 0.29) is 35.0 Å². The molecule has 0 saturated heterocycles. The first kappa shape index (κ1) is 19.2. The normalized spacial score (nSPS) is 11.5. The zero-order valence-corrected chi connectivity index (χ0v) is 14.6. The average Bonchev–Trinajstić information content (AvgIpc) is 2.66. The molecule has 0 aliphatic rings. The van der Waals surface area contributed by atoms with Crippen molar-refractivity contribution < 1.29 is 29.0 Å². The summed E-state index contributed by atoms with van der Waals surface area (Å²) in [5, 5.41) is 21.0. The van der Waals surface area contributed by atoms with E-state index in [1.165, 1.54) is 51.7 Å². The Morgan fingerprint density at radius 3 is 2.15 bits per heavy atom. The molecule has 0 spiro atoms. The van der Waals surface area contributed by atoms with E-state index in [9.17, 15) is 20.0 Å². The Balaban J connectivity index is 2.25. The van der Waals surface area contributed by atoms with Crippen molar-refractivity contribution in [3.8, 4) is 17.2 Å². The molecule has 0 aliphatic carbocycles. The first-order valence-corrected chi connectivity index (χ1v) is 7.67. The third-order valence-corrected chi connectivity index (χ3v) is 3.87. The van der Waals surface area contributed by atoms with Crippen molar-refractivity contribution >= 4 is 11.5 Å². The molecule has 26 heavy (non-hydrogen) atoms. The number of ether oxygens (including phenoxy) is 3. The third-order valence-electron chi connectivity index (χ3n) is 3.87. The molecule has 8 heteroatoms. The number of benzene rings is 2. The number of carbonyl (C=O) groups excluding carboxylic acids is 1. The lowest BCUT2D eigenvalue weighted by Gasteiger charge is -2.16. The number of non-ortho nitro benzene ring substituents is 1. The summed E-state index contributed by atoms with van der Waals surface area (Å²) >= 11 is 0. The molecule has 0 bridgehead atoms. The fourth-order valence-corrected chi connectivity index (χ4v) is 2.54. The molecule has 0 aromatic heterocycles. The number of Topliss-reactive ketones (excluding diaryl/α,β-unsaturated/α-hetero) is 1. The number of aliphatic hydroxyl groups is 1. The lowest BCUT2D eigenvalue weighted by molar-refractivity contribution is -0.384. The van der Waals surface area contributed by atoms with E-state index in [0.717, 1.165) is 0 Å². The number of nitro groups is 1. The Morgan fingerprint density at radius 2 is 1.65 bits per heavy atom. The summed E-state index contributed by atoms with van der Waals surface area (Å²) in [5.74, 6) is 0.545. The Hall–Kier alpha value is -3.13. The molecular weight excluding hydrogens is 342 g/mol. The smallest absolute Gasteiger partial charge is 0.269 e. The summed E-state index contributed by atoms with van der Waals surface area (Å²) in [4.78, 5) is 22.8. The van der Waals surface area contributed by atoms with E-state index >= 15 is 0 Å². The summed E-state index contributed by atoms with van der Waals surface area (Å²) < 4.78 is 15.7. The monoisotopic (exact) mass is 361 g/mol. The van der Waals surface area contributed by atoms with Crippen LogP contribution in [0.2, 0.25) is 0 Å². The highest BCUT2D eigenvalue weighted by molar-refractivity contribution is 6.00. The molecule has 0 saturated carbocycles. The van der Waals surface area contributed by atoms with Crippen LogP contribution in [0.5, 0.6) is 17.2 Å². The van der Waals surface area contributed by atoms with Crippen LogP contribution in [0.4, 0.5) is 5.69 Å². The van der Waals surface area contributed by atoms with E-state index < -0.39 is 11.0 Å². The van der Waals surface area contributed by atoms with Crippen LogP contribution in [0.1, 0.15) is 28.4 Å². The van der Waals surface area contributed by atoms with Gasteiger partial charge in [0.25, 0.3) is 5.69 Å². The summed E-state index contributed by atoms with van der Waals surface area (Å²) in [6, 6.07) is 8.50. The van der Waals surface area contributed by atoms with Crippen LogP contribution in [-0.2, 0) is 0 Å². The number of methoxy groups -OCH3 is 3. The molecule has 0 radical (unpaired) electrons. The van der Waals surface area contributed by atoms with Crippen molar-refractivity contribution in [1.82, 2.24) is 0 Å². The molecule has 0 heterocycles. The van der Waals surface area contributed by atoms with Gasteiger partial charge in [-0.25, -0.2) is 0 Å². The number of nitro benzene ring substituents is 1. The predicted octanol–water partition coefficient (Wildman–Crippen LogP) is 2.93. The number of rotatable bonds is 8. The molecule has 2 aromatic rings. The van der Waals surface area contributed by atoms with Crippen LogP contribution in [0.3, 0.4) is 0 Å². The van der Waals surface area contributed by atoms with Gasteiger partial charge >= 0.3 is 0 Å². The molecule has 8 nitrogen and oxygen atoms in total. The minimum atomic E-state index is -1.11. The number of aliphatic hydroxyl groups excluding tert-OH is 1. The Morgan fingerprint density at radius 1 is 1.04 bits per heavy atom. The number of hydrogen-bond donors (Lipinski definition) is 1. The van der Waals surface area contributed by atoms with E-state index in [4.69, 9.17) is 14.2 Å². The number of carbonyl (C=O) groups is 1. The van der Waals surface area contributed by atoms with Crippen molar-refractivity contribution in [2.75, 3.05) is 21.3 Å². The van der Waals surface area contributed by atoms with Gasteiger partial charge in [-0.1, -0.05) is 0 Å². The van der Waals surface area contributed by atoms with Gasteiger partial charge in [-0.15, -0.1) is 0 Å². The van der Waals surface area contributed by atoms with Crippen molar-refractivity contribution in [2.45, 2.75) is 12.5 Å². The Kier molecular flexibility index (Phi) is 6.13. The van der Waals surface area contributed by atoms with Crippen molar-refractivity contribution in [1.29, 1.82) is 0 Å². The predicted molar refractivity (Wildman–Crippen MR) is 93.1 cm³/mol. The van der Waals surface area contributed by atoms with Crippen molar-refractivity contribution in [2.24, 2.45) is 0 Å². The van der Waals surface area contributed by atoms with Gasteiger partial charge in [0, 0.05) is 18.6 Å². The van der Waals surface area contributed by atoms with Gasteiger partial charge < -0.3 is 19.3 Å². The Bertz CT molecular complexity index is 802. The number of nitrogens with zero attached hydrogens (tertiary/aromatic N) is 1. The second-order valence-corrected chi connectivity index (χ2v) is 5.37. The molecule has 1 unspecified atom stereocenters. The summed E-state index contributed by atoms with van der Waals surface area (Å²) in [7, 11) is 4.30. The summed E-state index contributed by atoms with van der Waals surface area (Å²) in [6.07, 6.45) is -1.33. The van der Waals surface area contributed by atoms with Gasteiger partial charge in [0.05, 0.1) is 37.9 Å².